The summed E-state index contributed by atoms with van der Waals surface area (Å²) in [6.45, 7) is 6.20. The van der Waals surface area contributed by atoms with Crippen LogP contribution in [-0.4, -0.2) is 39.4 Å². The third-order valence-corrected chi connectivity index (χ3v) is 4.24. The molecule has 27 heavy (non-hydrogen) atoms. The predicted octanol–water partition coefficient (Wildman–Crippen LogP) is 3.24. The van der Waals surface area contributed by atoms with Gasteiger partial charge in [0, 0.05) is 18.8 Å². The predicted molar refractivity (Wildman–Crippen MR) is 109 cm³/mol. The van der Waals surface area contributed by atoms with Gasteiger partial charge in [0.25, 0.3) is 0 Å². The van der Waals surface area contributed by atoms with E-state index in [1.807, 2.05) is 18.2 Å². The Balaban J connectivity index is 1.91. The van der Waals surface area contributed by atoms with Gasteiger partial charge in [-0.15, -0.1) is 0 Å². The van der Waals surface area contributed by atoms with Crippen molar-refractivity contribution in [2.75, 3.05) is 32.2 Å². The maximum absolute atomic E-state index is 12.1. The van der Waals surface area contributed by atoms with E-state index in [4.69, 9.17) is 9.47 Å². The van der Waals surface area contributed by atoms with Gasteiger partial charge in [-0.3, -0.25) is 4.79 Å². The molecular weight excluding hydrogens is 342 g/mol. The Morgan fingerprint density at radius 1 is 1.04 bits per heavy atom. The molecule has 1 amide bonds. The van der Waals surface area contributed by atoms with E-state index in [1.54, 1.807) is 32.6 Å². The van der Waals surface area contributed by atoms with Crippen LogP contribution in [0.4, 0.5) is 5.69 Å². The molecule has 0 spiro atoms. The second-order valence-electron chi connectivity index (χ2n) is 5.92. The summed E-state index contributed by atoms with van der Waals surface area (Å²) in [5.41, 5.74) is 5.48. The Hall–Kier alpha value is -3.02. The molecule has 0 aliphatic carbocycles. The number of nitrogens with one attached hydrogen (secondary N) is 1. The Morgan fingerprint density at radius 2 is 1.70 bits per heavy atom. The van der Waals surface area contributed by atoms with Crippen molar-refractivity contribution in [2.24, 2.45) is 5.10 Å². The zero-order valence-corrected chi connectivity index (χ0v) is 16.4. The summed E-state index contributed by atoms with van der Waals surface area (Å²) >= 11 is 0. The number of ether oxygens (including phenoxy) is 2. The Labute approximate surface area is 160 Å². The fraction of sp³-hybridized carbons (Fsp3) is 0.333. The van der Waals surface area contributed by atoms with Crippen molar-refractivity contribution >= 4 is 17.8 Å². The van der Waals surface area contributed by atoms with Gasteiger partial charge in [-0.25, -0.2) is 5.43 Å². The van der Waals surface area contributed by atoms with Crippen LogP contribution in [0, 0.1) is 0 Å². The third-order valence-electron chi connectivity index (χ3n) is 4.24. The van der Waals surface area contributed by atoms with Gasteiger partial charge in [0.05, 0.1) is 26.9 Å². The van der Waals surface area contributed by atoms with Gasteiger partial charge < -0.3 is 14.4 Å². The quantitative estimate of drug-likeness (QED) is 0.544. The highest BCUT2D eigenvalue weighted by Crippen LogP contribution is 2.27. The van der Waals surface area contributed by atoms with Crippen LogP contribution in [0.2, 0.25) is 0 Å². The minimum Gasteiger partial charge on any atom is -0.493 e. The maximum atomic E-state index is 12.1. The van der Waals surface area contributed by atoms with E-state index >= 15 is 0 Å². The van der Waals surface area contributed by atoms with Crippen LogP contribution in [0.3, 0.4) is 0 Å². The zero-order valence-electron chi connectivity index (χ0n) is 16.4. The molecule has 6 nitrogen and oxygen atoms in total. The van der Waals surface area contributed by atoms with Crippen LogP contribution in [0.25, 0.3) is 0 Å². The molecule has 1 N–H and O–H groups in total. The van der Waals surface area contributed by atoms with E-state index in [-0.39, 0.29) is 12.3 Å². The van der Waals surface area contributed by atoms with Crippen molar-refractivity contribution in [1.82, 2.24) is 5.43 Å². The van der Waals surface area contributed by atoms with Crippen molar-refractivity contribution in [3.05, 3.63) is 53.6 Å². The smallest absolute Gasteiger partial charge is 0.244 e. The van der Waals surface area contributed by atoms with Crippen molar-refractivity contribution in [2.45, 2.75) is 20.3 Å². The number of anilines is 1. The highest BCUT2D eigenvalue weighted by Gasteiger charge is 2.08. The number of hydrazone groups is 1. The summed E-state index contributed by atoms with van der Waals surface area (Å²) in [6.07, 6.45) is 1.84. The highest BCUT2D eigenvalue weighted by molar-refractivity contribution is 5.83. The zero-order chi connectivity index (χ0) is 19.6. The molecule has 0 aromatic heterocycles. The summed E-state index contributed by atoms with van der Waals surface area (Å²) in [4.78, 5) is 14.3. The third kappa shape index (κ3) is 5.74. The largest absolute Gasteiger partial charge is 0.493 e. The summed E-state index contributed by atoms with van der Waals surface area (Å²) in [6, 6.07) is 13.5. The molecule has 0 atom stereocenters. The molecule has 144 valence electrons. The molecular formula is C21H27N3O3. The van der Waals surface area contributed by atoms with E-state index in [2.05, 4.69) is 41.4 Å². The van der Waals surface area contributed by atoms with Gasteiger partial charge in [-0.05, 0) is 49.2 Å². The number of hydrogen-bond acceptors (Lipinski definition) is 5. The number of rotatable bonds is 9. The first-order valence-electron chi connectivity index (χ1n) is 8.99. The SMILES string of the molecule is CCN(CC)c1ccc(/C=N\NC(=O)Cc2ccc(OC)c(OC)c2)cc1. The van der Waals surface area contributed by atoms with Gasteiger partial charge in [0.15, 0.2) is 11.5 Å². The first kappa shape index (κ1) is 20.3. The number of carbonyl (C=O) groups excluding carboxylic acids is 1. The van der Waals surface area contributed by atoms with Crippen molar-refractivity contribution in [3.63, 3.8) is 0 Å². The number of amides is 1. The van der Waals surface area contributed by atoms with Crippen LogP contribution in [-0.2, 0) is 11.2 Å². The molecule has 2 aromatic carbocycles. The molecule has 0 aliphatic heterocycles. The lowest BCUT2D eigenvalue weighted by Crippen LogP contribution is -2.21. The van der Waals surface area contributed by atoms with Crippen molar-refractivity contribution in [3.8, 4) is 11.5 Å². The van der Waals surface area contributed by atoms with Gasteiger partial charge in [-0.2, -0.15) is 5.10 Å². The van der Waals surface area contributed by atoms with E-state index in [0.29, 0.717) is 11.5 Å². The highest BCUT2D eigenvalue weighted by atomic mass is 16.5. The first-order chi connectivity index (χ1) is 13.1. The molecule has 0 radical (unpaired) electrons. The maximum Gasteiger partial charge on any atom is 0.244 e. The van der Waals surface area contributed by atoms with Crippen LogP contribution in [0.15, 0.2) is 47.6 Å². The number of methoxy groups -OCH3 is 2. The molecule has 2 rings (SSSR count). The fourth-order valence-corrected chi connectivity index (χ4v) is 2.75. The molecule has 0 saturated heterocycles. The van der Waals surface area contributed by atoms with E-state index < -0.39 is 0 Å². The van der Waals surface area contributed by atoms with Crippen molar-refractivity contribution in [1.29, 1.82) is 0 Å². The van der Waals surface area contributed by atoms with Gasteiger partial charge in [0.1, 0.15) is 0 Å². The molecule has 0 saturated carbocycles. The van der Waals surface area contributed by atoms with Gasteiger partial charge in [0.2, 0.25) is 5.91 Å². The summed E-state index contributed by atoms with van der Waals surface area (Å²) in [5.74, 6) is 1.03. The van der Waals surface area contributed by atoms with E-state index in [0.717, 1.165) is 24.2 Å². The minimum atomic E-state index is -0.196. The summed E-state index contributed by atoms with van der Waals surface area (Å²) < 4.78 is 10.4. The lowest BCUT2D eigenvalue weighted by Gasteiger charge is -2.20. The topological polar surface area (TPSA) is 63.2 Å². The second-order valence-corrected chi connectivity index (χ2v) is 5.92. The Kier molecular flexibility index (Phi) is 7.67. The molecule has 0 unspecified atom stereocenters. The second kappa shape index (κ2) is 10.2. The monoisotopic (exact) mass is 369 g/mol. The first-order valence-corrected chi connectivity index (χ1v) is 8.99. The van der Waals surface area contributed by atoms with Gasteiger partial charge >= 0.3 is 0 Å². The van der Waals surface area contributed by atoms with Crippen LogP contribution >= 0.6 is 0 Å². The number of nitrogens with zero attached hydrogens (tertiary/aromatic N) is 2. The normalized spacial score (nSPS) is 10.7. The average molecular weight is 369 g/mol. The average Bonchev–Trinajstić information content (AvgIpc) is 2.70. The summed E-state index contributed by atoms with van der Waals surface area (Å²) in [7, 11) is 3.14. The number of hydrogen-bond donors (Lipinski definition) is 1. The van der Waals surface area contributed by atoms with E-state index in [1.165, 1.54) is 5.69 Å². The van der Waals surface area contributed by atoms with Crippen molar-refractivity contribution < 1.29 is 14.3 Å². The van der Waals surface area contributed by atoms with Crippen LogP contribution in [0.5, 0.6) is 11.5 Å². The molecule has 0 heterocycles. The molecule has 0 bridgehead atoms. The minimum absolute atomic E-state index is 0.196. The fourth-order valence-electron chi connectivity index (χ4n) is 2.75. The molecule has 6 heteroatoms. The molecule has 2 aromatic rings. The molecule has 0 fully saturated rings. The van der Waals surface area contributed by atoms with E-state index in [9.17, 15) is 4.79 Å². The lowest BCUT2D eigenvalue weighted by atomic mass is 10.1. The standard InChI is InChI=1S/C21H27N3O3/c1-5-24(6-2)18-10-7-16(8-11-18)15-22-23-21(25)14-17-9-12-19(26-3)20(13-17)27-4/h7-13,15H,5-6,14H2,1-4H3,(H,23,25)/b22-15-. The van der Waals surface area contributed by atoms with Crippen LogP contribution in [0.1, 0.15) is 25.0 Å². The Bertz CT molecular complexity index is 769. The van der Waals surface area contributed by atoms with Crippen LogP contribution < -0.4 is 19.8 Å². The number of benzene rings is 2. The lowest BCUT2D eigenvalue weighted by molar-refractivity contribution is -0.120. The number of carbonyl (C=O) groups is 1. The van der Waals surface area contributed by atoms with Gasteiger partial charge in [-0.1, -0.05) is 18.2 Å². The Morgan fingerprint density at radius 3 is 2.30 bits per heavy atom. The summed E-state index contributed by atoms with van der Waals surface area (Å²) in [5, 5.41) is 4.03. The molecule has 0 aliphatic rings.